The summed E-state index contributed by atoms with van der Waals surface area (Å²) in [6.07, 6.45) is 3.92. The number of aromatic nitrogens is 1. The SMILES string of the molecule is CCNC(=O)N1CCC(=Cc2ccc(C(=O)Nc3nc4ccccc4s3)c(C)c2)CC1. The molecule has 1 saturated heterocycles. The van der Waals surface area contributed by atoms with E-state index in [1.807, 2.05) is 61.2 Å². The van der Waals surface area contributed by atoms with E-state index in [9.17, 15) is 9.59 Å². The Bertz CT molecular complexity index is 1110. The standard InChI is InChI=1S/C24H26N4O2S/c1-3-25-24(30)28-12-10-17(11-13-28)15-18-8-9-19(16(2)14-18)22(29)27-23-26-20-6-4-5-7-21(20)31-23/h4-9,14-15H,3,10-13H2,1-2H3,(H,25,30)(H,26,27,29). The van der Waals surface area contributed by atoms with Crippen molar-refractivity contribution in [1.29, 1.82) is 0 Å². The number of anilines is 1. The fourth-order valence-electron chi connectivity index (χ4n) is 3.76. The van der Waals surface area contributed by atoms with Crippen LogP contribution in [0.1, 0.15) is 41.3 Å². The number of aryl methyl sites for hydroxylation is 1. The third kappa shape index (κ3) is 4.94. The first-order valence-corrected chi connectivity index (χ1v) is 11.3. The molecule has 1 aliphatic rings. The van der Waals surface area contributed by atoms with Gasteiger partial charge in [-0.05, 0) is 56.0 Å². The normalized spacial score (nSPS) is 13.9. The number of fused-ring (bicyclic) bond motifs is 1. The fourth-order valence-corrected chi connectivity index (χ4v) is 4.62. The summed E-state index contributed by atoms with van der Waals surface area (Å²) in [5.41, 5.74) is 4.86. The smallest absolute Gasteiger partial charge is 0.317 e. The van der Waals surface area contributed by atoms with Crippen molar-refractivity contribution in [2.24, 2.45) is 0 Å². The molecule has 1 aromatic heterocycles. The molecule has 2 aromatic carbocycles. The Kier molecular flexibility index (Phi) is 6.32. The summed E-state index contributed by atoms with van der Waals surface area (Å²) in [4.78, 5) is 31.0. The number of carbonyl (C=O) groups is 2. The molecule has 1 aliphatic heterocycles. The second-order valence-electron chi connectivity index (χ2n) is 7.64. The van der Waals surface area contributed by atoms with Crippen molar-refractivity contribution in [2.45, 2.75) is 26.7 Å². The third-order valence-electron chi connectivity index (χ3n) is 5.40. The van der Waals surface area contributed by atoms with Gasteiger partial charge in [-0.25, -0.2) is 9.78 Å². The molecule has 0 unspecified atom stereocenters. The highest BCUT2D eigenvalue weighted by Crippen LogP contribution is 2.26. The number of piperidine rings is 1. The van der Waals surface area contributed by atoms with Crippen LogP contribution in [0.4, 0.5) is 9.93 Å². The summed E-state index contributed by atoms with van der Waals surface area (Å²) < 4.78 is 1.05. The molecular weight excluding hydrogens is 408 g/mol. The zero-order chi connectivity index (χ0) is 21.8. The van der Waals surface area contributed by atoms with E-state index >= 15 is 0 Å². The molecule has 0 spiro atoms. The minimum Gasteiger partial charge on any atom is -0.338 e. The number of hydrogen-bond acceptors (Lipinski definition) is 4. The minimum atomic E-state index is -0.147. The zero-order valence-corrected chi connectivity index (χ0v) is 18.6. The van der Waals surface area contributed by atoms with Gasteiger partial charge in [-0.3, -0.25) is 10.1 Å². The quantitative estimate of drug-likeness (QED) is 0.602. The van der Waals surface area contributed by atoms with Gasteiger partial charge in [-0.1, -0.05) is 47.3 Å². The molecule has 3 aromatic rings. The summed E-state index contributed by atoms with van der Waals surface area (Å²) in [6, 6.07) is 13.7. The average molecular weight is 435 g/mol. The van der Waals surface area contributed by atoms with Crippen LogP contribution in [0.2, 0.25) is 0 Å². The zero-order valence-electron chi connectivity index (χ0n) is 17.8. The number of para-hydroxylation sites is 1. The van der Waals surface area contributed by atoms with E-state index in [0.717, 1.165) is 47.3 Å². The number of rotatable bonds is 4. The van der Waals surface area contributed by atoms with Crippen LogP contribution in [0.15, 0.2) is 48.0 Å². The van der Waals surface area contributed by atoms with Gasteiger partial charge in [0.25, 0.3) is 5.91 Å². The molecule has 4 rings (SSSR count). The first-order valence-electron chi connectivity index (χ1n) is 10.5. The molecule has 0 radical (unpaired) electrons. The number of hydrogen-bond donors (Lipinski definition) is 2. The van der Waals surface area contributed by atoms with E-state index < -0.39 is 0 Å². The second-order valence-corrected chi connectivity index (χ2v) is 8.67. The molecule has 3 amide bonds. The summed E-state index contributed by atoms with van der Waals surface area (Å²) in [5, 5.41) is 6.39. The second kappa shape index (κ2) is 9.31. The molecule has 2 N–H and O–H groups in total. The van der Waals surface area contributed by atoms with Gasteiger partial charge in [0, 0.05) is 25.2 Å². The number of nitrogens with one attached hydrogen (secondary N) is 2. The maximum atomic E-state index is 12.8. The molecule has 0 saturated carbocycles. The van der Waals surface area contributed by atoms with Crippen LogP contribution in [0, 0.1) is 6.92 Å². The van der Waals surface area contributed by atoms with Crippen LogP contribution >= 0.6 is 11.3 Å². The molecule has 7 heteroatoms. The number of amides is 3. The molecule has 6 nitrogen and oxygen atoms in total. The first kappa shape index (κ1) is 21.1. The summed E-state index contributed by atoms with van der Waals surface area (Å²) in [5.74, 6) is -0.147. The Balaban J connectivity index is 1.41. The molecule has 0 atom stereocenters. The van der Waals surface area contributed by atoms with Gasteiger partial charge in [-0.15, -0.1) is 0 Å². The number of nitrogens with zero attached hydrogens (tertiary/aromatic N) is 2. The van der Waals surface area contributed by atoms with E-state index in [1.165, 1.54) is 16.9 Å². The van der Waals surface area contributed by atoms with Crippen molar-refractivity contribution in [3.63, 3.8) is 0 Å². The minimum absolute atomic E-state index is 0.0147. The maximum absolute atomic E-state index is 12.8. The molecule has 2 heterocycles. The fraction of sp³-hybridized carbons (Fsp3) is 0.292. The van der Waals surface area contributed by atoms with Crippen LogP contribution in [-0.2, 0) is 0 Å². The molecular formula is C24H26N4O2S. The van der Waals surface area contributed by atoms with Crippen LogP contribution in [-0.4, -0.2) is 41.5 Å². The van der Waals surface area contributed by atoms with Crippen molar-refractivity contribution < 1.29 is 9.59 Å². The van der Waals surface area contributed by atoms with Gasteiger partial charge in [-0.2, -0.15) is 0 Å². The van der Waals surface area contributed by atoms with E-state index in [4.69, 9.17) is 0 Å². The summed E-state index contributed by atoms with van der Waals surface area (Å²) >= 11 is 1.47. The highest BCUT2D eigenvalue weighted by atomic mass is 32.1. The largest absolute Gasteiger partial charge is 0.338 e. The Morgan fingerprint density at radius 3 is 2.65 bits per heavy atom. The van der Waals surface area contributed by atoms with Gasteiger partial charge < -0.3 is 10.2 Å². The highest BCUT2D eigenvalue weighted by Gasteiger charge is 2.18. The number of thiazole rings is 1. The van der Waals surface area contributed by atoms with Gasteiger partial charge in [0.1, 0.15) is 0 Å². The lowest BCUT2D eigenvalue weighted by atomic mass is 9.98. The first-order chi connectivity index (χ1) is 15.0. The van der Waals surface area contributed by atoms with E-state index in [1.54, 1.807) is 0 Å². The van der Waals surface area contributed by atoms with Gasteiger partial charge in [0.15, 0.2) is 5.13 Å². The topological polar surface area (TPSA) is 74.3 Å². The lowest BCUT2D eigenvalue weighted by molar-refractivity contribution is 0.102. The predicted molar refractivity (Wildman–Crippen MR) is 127 cm³/mol. The molecule has 1 fully saturated rings. The third-order valence-corrected chi connectivity index (χ3v) is 6.35. The van der Waals surface area contributed by atoms with Gasteiger partial charge >= 0.3 is 6.03 Å². The number of benzene rings is 2. The number of urea groups is 1. The summed E-state index contributed by atoms with van der Waals surface area (Å²) in [7, 11) is 0. The highest BCUT2D eigenvalue weighted by molar-refractivity contribution is 7.22. The van der Waals surface area contributed by atoms with E-state index in [0.29, 0.717) is 17.2 Å². The van der Waals surface area contributed by atoms with Crippen LogP contribution in [0.5, 0.6) is 0 Å². The molecule has 31 heavy (non-hydrogen) atoms. The Labute approximate surface area is 186 Å². The maximum Gasteiger partial charge on any atom is 0.317 e. The van der Waals surface area contributed by atoms with Crippen molar-refractivity contribution in [2.75, 3.05) is 25.0 Å². The Morgan fingerprint density at radius 2 is 1.94 bits per heavy atom. The van der Waals surface area contributed by atoms with Crippen molar-refractivity contribution in [3.8, 4) is 0 Å². The van der Waals surface area contributed by atoms with Crippen LogP contribution in [0.25, 0.3) is 16.3 Å². The molecule has 160 valence electrons. The van der Waals surface area contributed by atoms with E-state index in [2.05, 4.69) is 21.7 Å². The lowest BCUT2D eigenvalue weighted by Crippen LogP contribution is -2.43. The van der Waals surface area contributed by atoms with Crippen LogP contribution < -0.4 is 10.6 Å². The van der Waals surface area contributed by atoms with Crippen molar-refractivity contribution in [1.82, 2.24) is 15.2 Å². The average Bonchev–Trinajstić information content (AvgIpc) is 3.16. The predicted octanol–water partition coefficient (Wildman–Crippen LogP) is 5.07. The van der Waals surface area contributed by atoms with Crippen molar-refractivity contribution in [3.05, 3.63) is 64.7 Å². The summed E-state index contributed by atoms with van der Waals surface area (Å²) in [6.45, 7) is 6.00. The lowest BCUT2D eigenvalue weighted by Gasteiger charge is -2.28. The van der Waals surface area contributed by atoms with Crippen molar-refractivity contribution >= 4 is 44.7 Å². The van der Waals surface area contributed by atoms with Gasteiger partial charge in [0.2, 0.25) is 0 Å². The number of likely N-dealkylation sites (tertiary alicyclic amines) is 1. The molecule has 0 bridgehead atoms. The monoisotopic (exact) mass is 434 g/mol. The number of carbonyl (C=O) groups excluding carboxylic acids is 2. The van der Waals surface area contributed by atoms with Gasteiger partial charge in [0.05, 0.1) is 10.2 Å². The van der Waals surface area contributed by atoms with E-state index in [-0.39, 0.29) is 11.9 Å². The molecule has 0 aliphatic carbocycles. The Morgan fingerprint density at radius 1 is 1.16 bits per heavy atom. The van der Waals surface area contributed by atoms with Crippen LogP contribution in [0.3, 0.4) is 0 Å². The Hall–Kier alpha value is -3.19.